The number of carbonyl (C=O) groups is 1. The molecule has 5 nitrogen and oxygen atoms in total. The van der Waals surface area contributed by atoms with Crippen molar-refractivity contribution in [3.05, 3.63) is 35.7 Å². The van der Waals surface area contributed by atoms with Gasteiger partial charge in [0.05, 0.1) is 11.8 Å². The van der Waals surface area contributed by atoms with Gasteiger partial charge in [0.25, 0.3) is 0 Å². The largest absolute Gasteiger partial charge is 0.326 e. The van der Waals surface area contributed by atoms with Gasteiger partial charge in [0.1, 0.15) is 0 Å². The van der Waals surface area contributed by atoms with Gasteiger partial charge in [0.15, 0.2) is 5.13 Å². The van der Waals surface area contributed by atoms with Crippen molar-refractivity contribution in [3.63, 3.8) is 0 Å². The van der Waals surface area contributed by atoms with Crippen molar-refractivity contribution in [2.24, 2.45) is 5.92 Å². The molecule has 2 amide bonds. The van der Waals surface area contributed by atoms with E-state index in [4.69, 9.17) is 10.2 Å². The van der Waals surface area contributed by atoms with Crippen LogP contribution in [0.5, 0.6) is 0 Å². The van der Waals surface area contributed by atoms with Gasteiger partial charge in [-0.15, -0.1) is 11.3 Å². The van der Waals surface area contributed by atoms with Crippen molar-refractivity contribution in [1.82, 2.24) is 9.88 Å². The Morgan fingerprint density at radius 2 is 2.07 bits per heavy atom. The van der Waals surface area contributed by atoms with Gasteiger partial charge in [-0.2, -0.15) is 5.26 Å². The lowest BCUT2D eigenvalue weighted by Gasteiger charge is -2.34. The molecule has 0 spiro atoms. The number of carbonyl (C=O) groups excluding carboxylic acids is 1. The topological polar surface area (TPSA) is 60.2 Å². The van der Waals surface area contributed by atoms with E-state index in [2.05, 4.69) is 6.07 Å². The first-order valence-electron chi connectivity index (χ1n) is 9.72. The zero-order chi connectivity index (χ0) is 18.6. The molecule has 1 aromatic heterocycles. The highest BCUT2D eigenvalue weighted by Gasteiger charge is 2.37. The van der Waals surface area contributed by atoms with Gasteiger partial charge in [0, 0.05) is 36.5 Å². The first-order valence-corrected chi connectivity index (χ1v) is 10.6. The van der Waals surface area contributed by atoms with E-state index < -0.39 is 0 Å². The van der Waals surface area contributed by atoms with Crippen molar-refractivity contribution in [3.8, 4) is 17.3 Å². The highest BCUT2D eigenvalue weighted by Crippen LogP contribution is 2.34. The molecule has 1 saturated heterocycles. The minimum absolute atomic E-state index is 0.0925. The number of nitriles is 1. The fourth-order valence-electron chi connectivity index (χ4n) is 4.28. The van der Waals surface area contributed by atoms with E-state index in [1.54, 1.807) is 0 Å². The summed E-state index contributed by atoms with van der Waals surface area (Å²) in [6, 6.07) is 12.7. The number of rotatable bonds is 5. The molecule has 0 bridgehead atoms. The molecule has 0 radical (unpaired) electrons. The zero-order valence-corrected chi connectivity index (χ0v) is 16.2. The van der Waals surface area contributed by atoms with Crippen LogP contribution < -0.4 is 4.90 Å². The van der Waals surface area contributed by atoms with Crippen molar-refractivity contribution >= 4 is 22.5 Å². The summed E-state index contributed by atoms with van der Waals surface area (Å²) in [6.07, 6.45) is 6.05. The van der Waals surface area contributed by atoms with Crippen LogP contribution in [0, 0.1) is 17.2 Å². The quantitative estimate of drug-likeness (QED) is 0.740. The lowest BCUT2D eigenvalue weighted by atomic mass is 9.82. The summed E-state index contributed by atoms with van der Waals surface area (Å²) in [5.74, 6) is 0.579. The Morgan fingerprint density at radius 3 is 2.89 bits per heavy atom. The third-order valence-corrected chi connectivity index (χ3v) is 6.56. The Labute approximate surface area is 164 Å². The summed E-state index contributed by atoms with van der Waals surface area (Å²) >= 11 is 1.54. The second-order valence-electron chi connectivity index (χ2n) is 7.39. The van der Waals surface area contributed by atoms with Crippen LogP contribution in [-0.2, 0) is 0 Å². The predicted octanol–water partition coefficient (Wildman–Crippen LogP) is 4.91. The number of anilines is 1. The molecule has 2 atom stereocenters. The molecule has 27 heavy (non-hydrogen) atoms. The van der Waals surface area contributed by atoms with E-state index in [1.165, 1.54) is 17.8 Å². The summed E-state index contributed by atoms with van der Waals surface area (Å²) in [5, 5.41) is 11.7. The van der Waals surface area contributed by atoms with Crippen LogP contribution >= 0.6 is 11.3 Å². The predicted molar refractivity (Wildman–Crippen MR) is 108 cm³/mol. The first kappa shape index (κ1) is 18.0. The van der Waals surface area contributed by atoms with E-state index in [0.717, 1.165) is 48.6 Å². The molecular formula is C21H24N4OS. The van der Waals surface area contributed by atoms with E-state index in [9.17, 15) is 4.79 Å². The van der Waals surface area contributed by atoms with E-state index >= 15 is 0 Å². The SMILES string of the molecule is N#CCCC1CCC[C@@H](N2CCN(c3nc(-c4ccccc4)cs3)C2=O)C1. The summed E-state index contributed by atoms with van der Waals surface area (Å²) in [5.41, 5.74) is 2.01. The molecule has 0 N–H and O–H groups in total. The Bertz CT molecular complexity index is 828. The maximum atomic E-state index is 13.0. The van der Waals surface area contributed by atoms with E-state index in [1.807, 2.05) is 45.5 Å². The number of nitrogens with zero attached hydrogens (tertiary/aromatic N) is 4. The fourth-order valence-corrected chi connectivity index (χ4v) is 5.13. The average molecular weight is 381 g/mol. The molecule has 1 unspecified atom stereocenters. The molecule has 2 fully saturated rings. The molecule has 2 aromatic rings. The monoisotopic (exact) mass is 380 g/mol. The highest BCUT2D eigenvalue weighted by atomic mass is 32.1. The summed E-state index contributed by atoms with van der Waals surface area (Å²) < 4.78 is 0. The number of hydrogen-bond acceptors (Lipinski definition) is 4. The lowest BCUT2D eigenvalue weighted by Crippen LogP contribution is -2.42. The van der Waals surface area contributed by atoms with Crippen molar-refractivity contribution in [2.45, 2.75) is 44.6 Å². The third kappa shape index (κ3) is 3.84. The van der Waals surface area contributed by atoms with Gasteiger partial charge in [0.2, 0.25) is 0 Å². The molecule has 2 heterocycles. The van der Waals surface area contributed by atoms with Gasteiger partial charge in [-0.25, -0.2) is 9.78 Å². The molecule has 1 saturated carbocycles. The van der Waals surface area contributed by atoms with Gasteiger partial charge < -0.3 is 4.90 Å². The summed E-state index contributed by atoms with van der Waals surface area (Å²) in [4.78, 5) is 21.6. The number of aromatic nitrogens is 1. The van der Waals surface area contributed by atoms with Crippen molar-refractivity contribution in [1.29, 1.82) is 5.26 Å². The van der Waals surface area contributed by atoms with Gasteiger partial charge >= 0.3 is 6.03 Å². The van der Waals surface area contributed by atoms with E-state index in [-0.39, 0.29) is 6.03 Å². The van der Waals surface area contributed by atoms with E-state index in [0.29, 0.717) is 24.9 Å². The van der Waals surface area contributed by atoms with Crippen molar-refractivity contribution in [2.75, 3.05) is 18.0 Å². The Kier molecular flexibility index (Phi) is 5.40. The lowest BCUT2D eigenvalue weighted by molar-refractivity contribution is 0.159. The molecule has 1 aliphatic heterocycles. The van der Waals surface area contributed by atoms with Crippen LogP contribution in [0.3, 0.4) is 0 Å². The van der Waals surface area contributed by atoms with Crippen LogP contribution in [0.1, 0.15) is 38.5 Å². The summed E-state index contributed by atoms with van der Waals surface area (Å²) in [7, 11) is 0. The molecule has 1 aromatic carbocycles. The van der Waals surface area contributed by atoms with Gasteiger partial charge in [-0.1, -0.05) is 43.2 Å². The van der Waals surface area contributed by atoms with Crippen LogP contribution in [0.25, 0.3) is 11.3 Å². The van der Waals surface area contributed by atoms with Crippen LogP contribution in [0.15, 0.2) is 35.7 Å². The summed E-state index contributed by atoms with van der Waals surface area (Å²) in [6.45, 7) is 1.48. The molecule has 4 rings (SSSR count). The van der Waals surface area contributed by atoms with Crippen molar-refractivity contribution < 1.29 is 4.79 Å². The second kappa shape index (κ2) is 8.10. The molecular weight excluding hydrogens is 356 g/mol. The Morgan fingerprint density at radius 1 is 1.22 bits per heavy atom. The van der Waals surface area contributed by atoms with Crippen LogP contribution in [0.4, 0.5) is 9.93 Å². The highest BCUT2D eigenvalue weighted by molar-refractivity contribution is 7.14. The Hall–Kier alpha value is -2.39. The number of urea groups is 1. The maximum absolute atomic E-state index is 13.0. The fraction of sp³-hybridized carbons (Fsp3) is 0.476. The minimum atomic E-state index is 0.0925. The number of amides is 2. The Balaban J connectivity index is 1.43. The van der Waals surface area contributed by atoms with Crippen LogP contribution in [-0.4, -0.2) is 35.0 Å². The molecule has 2 aliphatic rings. The molecule has 1 aliphatic carbocycles. The average Bonchev–Trinajstić information content (AvgIpc) is 3.34. The number of benzene rings is 1. The smallest absolute Gasteiger partial charge is 0.320 e. The standard InChI is InChI=1S/C21H24N4OS/c22-11-5-7-16-6-4-10-18(14-16)24-12-13-25(21(24)26)20-23-19(15-27-20)17-8-2-1-3-9-17/h1-3,8-9,15-16,18H,4-7,10,12-14H2/t16?,18-/m1/s1. The zero-order valence-electron chi connectivity index (χ0n) is 15.4. The van der Waals surface area contributed by atoms with Gasteiger partial charge in [-0.3, -0.25) is 4.90 Å². The molecule has 140 valence electrons. The first-order chi connectivity index (χ1) is 13.3. The maximum Gasteiger partial charge on any atom is 0.326 e. The number of thiazole rings is 1. The minimum Gasteiger partial charge on any atom is -0.320 e. The van der Waals surface area contributed by atoms with Gasteiger partial charge in [-0.05, 0) is 25.2 Å². The number of hydrogen-bond donors (Lipinski definition) is 0. The molecule has 6 heteroatoms. The third-order valence-electron chi connectivity index (χ3n) is 5.69. The van der Waals surface area contributed by atoms with Crippen LogP contribution in [0.2, 0.25) is 0 Å². The second-order valence-corrected chi connectivity index (χ2v) is 8.23. The normalized spacial score (nSPS) is 22.9.